The van der Waals surface area contributed by atoms with E-state index in [0.29, 0.717) is 11.1 Å². The van der Waals surface area contributed by atoms with Gasteiger partial charge in [-0.1, -0.05) is 6.92 Å². The molecule has 0 saturated carbocycles. The first-order chi connectivity index (χ1) is 22.5. The van der Waals surface area contributed by atoms with Gasteiger partial charge in [0.05, 0.1) is 0 Å². The zero-order valence-corrected chi connectivity index (χ0v) is 29.4. The third-order valence-electron chi connectivity index (χ3n) is 9.09. The van der Waals surface area contributed by atoms with Gasteiger partial charge in [-0.05, 0) is 0 Å². The molecule has 0 aromatic heterocycles. The molecule has 0 aliphatic heterocycles. The molecule has 4 heteroatoms. The average Bonchev–Trinajstić information content (AvgIpc) is 3.08. The first kappa shape index (κ1) is 35.9. The Kier molecular flexibility index (Phi) is 15.3. The van der Waals surface area contributed by atoms with Crippen molar-refractivity contribution in [2.45, 2.75) is 117 Å². The van der Waals surface area contributed by atoms with Crippen LogP contribution in [0.25, 0.3) is 22.3 Å². The van der Waals surface area contributed by atoms with Crippen molar-refractivity contribution in [2.75, 3.05) is 0 Å². The summed E-state index contributed by atoms with van der Waals surface area (Å²) in [6, 6.07) is 32.5. The van der Waals surface area contributed by atoms with Crippen LogP contribution in [0.4, 0.5) is 0 Å². The minimum atomic E-state index is -4.39. The zero-order chi connectivity index (χ0) is 32.5. The number of aryl methyl sites for hydroxylation is 2. The summed E-state index contributed by atoms with van der Waals surface area (Å²) in [7, 11) is -4.39. The number of hydrogen-bond acceptors (Lipinski definition) is 3. The average molecular weight is 641 g/mol. The van der Waals surface area contributed by atoms with Gasteiger partial charge in [0, 0.05) is 0 Å². The van der Waals surface area contributed by atoms with Crippen LogP contribution in [0.15, 0.2) is 97.1 Å². The van der Waals surface area contributed by atoms with E-state index in [2.05, 4.69) is 50.2 Å². The van der Waals surface area contributed by atoms with Crippen molar-refractivity contribution in [1.29, 1.82) is 0 Å². The van der Waals surface area contributed by atoms with E-state index in [4.69, 9.17) is 4.52 Å². The molecule has 0 fully saturated rings. The van der Waals surface area contributed by atoms with E-state index in [1.807, 2.05) is 60.7 Å². The van der Waals surface area contributed by atoms with E-state index >= 15 is 0 Å². The van der Waals surface area contributed by atoms with Crippen LogP contribution in [0.1, 0.15) is 115 Å². The van der Waals surface area contributed by atoms with Crippen LogP contribution in [-0.2, 0) is 12.8 Å². The summed E-state index contributed by atoms with van der Waals surface area (Å²) in [5.41, 5.74) is 6.25. The van der Waals surface area contributed by atoms with E-state index < -0.39 is 7.94 Å². The molecule has 0 spiro atoms. The van der Waals surface area contributed by atoms with Gasteiger partial charge in [-0.3, -0.25) is 0 Å². The molecule has 248 valence electrons. The minimum absolute atomic E-state index is 0.510. The predicted molar refractivity (Wildman–Crippen MR) is 200 cm³/mol. The molecule has 4 aromatic carbocycles. The Bertz CT molecular complexity index is 1420. The SMILES string of the molecule is CCCCCCCCCc1cccc(O[PH](O)(O)c2cccc(CCCCCCCCC)c2-c2ccccc2)c1-c1ccccc1. The maximum absolute atomic E-state index is 11.9. The number of unbranched alkanes of at least 4 members (excludes halogenated alkanes) is 12. The standard InChI is InChI=1S/C42H57O3P/c1-3-5-7-9-11-13-17-25-36-31-23-33-39(41(36)35-26-19-15-20-27-35)45-46(43,44)40-34-24-32-38(28-18-14-12-10-8-6-4-2)42(40)37-29-21-16-22-30-37/h15-16,19-24,26-27,29-34,43-44,46H,3-14,17-18,25,28H2,1-2H3. The van der Waals surface area contributed by atoms with Crippen LogP contribution in [0.3, 0.4) is 0 Å². The summed E-state index contributed by atoms with van der Waals surface area (Å²) in [6.07, 6.45) is 19.3. The van der Waals surface area contributed by atoms with E-state index in [-0.39, 0.29) is 0 Å². The van der Waals surface area contributed by atoms with Gasteiger partial charge in [0.25, 0.3) is 0 Å². The second-order valence-electron chi connectivity index (χ2n) is 12.8. The van der Waals surface area contributed by atoms with E-state index in [9.17, 15) is 9.79 Å². The van der Waals surface area contributed by atoms with Crippen molar-refractivity contribution < 1.29 is 14.3 Å². The summed E-state index contributed by atoms with van der Waals surface area (Å²) in [4.78, 5) is 23.9. The van der Waals surface area contributed by atoms with Gasteiger partial charge in [-0.2, -0.15) is 0 Å². The molecule has 0 bridgehead atoms. The molecule has 0 amide bonds. The van der Waals surface area contributed by atoms with Crippen molar-refractivity contribution >= 4 is 13.2 Å². The molecule has 4 aromatic rings. The maximum atomic E-state index is 11.9. The molecule has 4 rings (SSSR count). The van der Waals surface area contributed by atoms with Crippen molar-refractivity contribution in [1.82, 2.24) is 0 Å². The second kappa shape index (κ2) is 19.6. The second-order valence-corrected chi connectivity index (χ2v) is 14.8. The fourth-order valence-corrected chi connectivity index (χ4v) is 8.11. The Morgan fingerprint density at radius 2 is 0.891 bits per heavy atom. The van der Waals surface area contributed by atoms with E-state index in [1.165, 1.54) is 82.6 Å². The van der Waals surface area contributed by atoms with Crippen molar-refractivity contribution in [2.24, 2.45) is 0 Å². The molecule has 3 nitrogen and oxygen atoms in total. The first-order valence-electron chi connectivity index (χ1n) is 18.0. The van der Waals surface area contributed by atoms with Crippen molar-refractivity contribution in [3.05, 3.63) is 108 Å². The van der Waals surface area contributed by atoms with Crippen LogP contribution in [-0.4, -0.2) is 9.79 Å². The Labute approximate surface area is 279 Å². The van der Waals surface area contributed by atoms with E-state index in [1.54, 1.807) is 0 Å². The van der Waals surface area contributed by atoms with Gasteiger partial charge >= 0.3 is 273 Å². The number of rotatable bonds is 21. The molecule has 2 N–H and O–H groups in total. The molecule has 0 atom stereocenters. The quantitative estimate of drug-likeness (QED) is 0.0704. The monoisotopic (exact) mass is 640 g/mol. The number of benzene rings is 4. The fraction of sp³-hybridized carbons (Fsp3) is 0.429. The fourth-order valence-electron chi connectivity index (χ4n) is 6.58. The predicted octanol–water partition coefficient (Wildman–Crippen LogP) is 11.8. The van der Waals surface area contributed by atoms with Gasteiger partial charge in [0.1, 0.15) is 0 Å². The Balaban J connectivity index is 1.60. The Hall–Kier alpha value is -2.97. The topological polar surface area (TPSA) is 49.7 Å². The summed E-state index contributed by atoms with van der Waals surface area (Å²) < 4.78 is 6.43. The van der Waals surface area contributed by atoms with Gasteiger partial charge in [-0.15, -0.1) is 0 Å². The zero-order valence-electron chi connectivity index (χ0n) is 28.4. The Morgan fingerprint density at radius 3 is 1.41 bits per heavy atom. The van der Waals surface area contributed by atoms with Gasteiger partial charge < -0.3 is 0 Å². The molecule has 0 aliphatic carbocycles. The molecular weight excluding hydrogens is 583 g/mol. The van der Waals surface area contributed by atoms with Gasteiger partial charge in [0.2, 0.25) is 0 Å². The van der Waals surface area contributed by atoms with Crippen molar-refractivity contribution in [3.63, 3.8) is 0 Å². The van der Waals surface area contributed by atoms with Crippen molar-refractivity contribution in [3.8, 4) is 28.0 Å². The molecule has 0 heterocycles. The summed E-state index contributed by atoms with van der Waals surface area (Å²) in [6.45, 7) is 4.51. The summed E-state index contributed by atoms with van der Waals surface area (Å²) in [5.74, 6) is 0.541. The Morgan fingerprint density at radius 1 is 0.457 bits per heavy atom. The third-order valence-corrected chi connectivity index (χ3v) is 10.7. The molecule has 0 saturated heterocycles. The van der Waals surface area contributed by atoms with Crippen LogP contribution in [0.5, 0.6) is 5.75 Å². The molecular formula is C42H57O3P. The van der Waals surface area contributed by atoms with Gasteiger partial charge in [-0.25, -0.2) is 0 Å². The van der Waals surface area contributed by atoms with Gasteiger partial charge in [0.15, 0.2) is 0 Å². The van der Waals surface area contributed by atoms with E-state index in [0.717, 1.165) is 53.5 Å². The summed E-state index contributed by atoms with van der Waals surface area (Å²) in [5, 5.41) is 0.510. The number of hydrogen-bond donors (Lipinski definition) is 2. The summed E-state index contributed by atoms with van der Waals surface area (Å²) >= 11 is 0. The third kappa shape index (κ3) is 10.8. The van der Waals surface area contributed by atoms with Crippen LogP contribution in [0.2, 0.25) is 0 Å². The molecule has 46 heavy (non-hydrogen) atoms. The van der Waals surface area contributed by atoms with Crippen LogP contribution < -0.4 is 9.83 Å². The van der Waals surface area contributed by atoms with Crippen LogP contribution >= 0.6 is 7.94 Å². The molecule has 0 radical (unpaired) electrons. The molecule has 0 aliphatic rings. The van der Waals surface area contributed by atoms with Crippen LogP contribution in [0, 0.1) is 0 Å². The normalized spacial score (nSPS) is 11.9. The molecule has 0 unspecified atom stereocenters. The first-order valence-corrected chi connectivity index (χ1v) is 19.8.